The van der Waals surface area contributed by atoms with Gasteiger partial charge in [0.1, 0.15) is 6.04 Å². The maximum absolute atomic E-state index is 11.7. The molecule has 1 aromatic rings. The molecule has 0 aromatic heterocycles. The summed E-state index contributed by atoms with van der Waals surface area (Å²) in [6.45, 7) is 1.51. The van der Waals surface area contributed by atoms with Crippen LogP contribution in [0.1, 0.15) is 17.3 Å². The van der Waals surface area contributed by atoms with Crippen molar-refractivity contribution < 1.29 is 9.59 Å². The predicted molar refractivity (Wildman–Crippen MR) is 64.7 cm³/mol. The van der Waals surface area contributed by atoms with E-state index in [1.807, 2.05) is 0 Å². The molecule has 6 heteroatoms. The van der Waals surface area contributed by atoms with E-state index in [0.29, 0.717) is 11.3 Å². The number of carbonyl (C=O) groups is 2. The van der Waals surface area contributed by atoms with Crippen LogP contribution in [0.4, 0.5) is 5.69 Å². The van der Waals surface area contributed by atoms with Crippen LogP contribution in [-0.2, 0) is 4.79 Å². The number of nitrogens with two attached hydrogens (primary N) is 2. The molecule has 86 valence electrons. The summed E-state index contributed by atoms with van der Waals surface area (Å²) >= 11 is 3.23. The number of carbonyl (C=O) groups excluding carboxylic acids is 2. The molecule has 0 aliphatic rings. The number of amides is 2. The van der Waals surface area contributed by atoms with Crippen molar-refractivity contribution in [2.75, 3.05) is 5.73 Å². The Kier molecular flexibility index (Phi) is 3.89. The number of primary amides is 1. The minimum atomic E-state index is -0.726. The van der Waals surface area contributed by atoms with Crippen LogP contribution in [-0.4, -0.2) is 17.9 Å². The van der Waals surface area contributed by atoms with Crippen molar-refractivity contribution in [1.82, 2.24) is 5.32 Å². The smallest absolute Gasteiger partial charge is 0.254 e. The first kappa shape index (κ1) is 12.5. The Labute approximate surface area is 101 Å². The second-order valence-corrected chi connectivity index (χ2v) is 4.24. The fourth-order valence-corrected chi connectivity index (χ4v) is 1.46. The van der Waals surface area contributed by atoms with E-state index < -0.39 is 17.9 Å². The molecule has 0 saturated heterocycles. The van der Waals surface area contributed by atoms with E-state index in [-0.39, 0.29) is 0 Å². The number of benzene rings is 1. The van der Waals surface area contributed by atoms with Crippen LogP contribution in [0.25, 0.3) is 0 Å². The molecule has 0 radical (unpaired) electrons. The Balaban J connectivity index is 2.85. The van der Waals surface area contributed by atoms with E-state index in [0.717, 1.165) is 4.47 Å². The Bertz CT molecular complexity index is 434. The largest absolute Gasteiger partial charge is 0.398 e. The first-order valence-corrected chi connectivity index (χ1v) is 5.36. The molecule has 16 heavy (non-hydrogen) atoms. The topological polar surface area (TPSA) is 98.2 Å². The van der Waals surface area contributed by atoms with Crippen molar-refractivity contribution in [2.24, 2.45) is 5.73 Å². The first-order valence-electron chi connectivity index (χ1n) is 4.57. The Morgan fingerprint density at radius 2 is 2.06 bits per heavy atom. The molecule has 0 aliphatic heterocycles. The van der Waals surface area contributed by atoms with Gasteiger partial charge in [-0.25, -0.2) is 0 Å². The summed E-state index contributed by atoms with van der Waals surface area (Å²) in [5, 5.41) is 2.45. The average molecular weight is 286 g/mol. The average Bonchev–Trinajstić information content (AvgIpc) is 2.16. The van der Waals surface area contributed by atoms with Crippen LogP contribution in [0, 0.1) is 0 Å². The molecule has 1 atom stereocenters. The van der Waals surface area contributed by atoms with Crippen LogP contribution < -0.4 is 16.8 Å². The molecule has 2 amide bonds. The van der Waals surface area contributed by atoms with Gasteiger partial charge in [0.15, 0.2) is 0 Å². The lowest BCUT2D eigenvalue weighted by atomic mass is 10.1. The summed E-state index contributed by atoms with van der Waals surface area (Å²) in [4.78, 5) is 22.5. The molecule has 0 bridgehead atoms. The standard InChI is InChI=1S/C10H12BrN3O2/c1-5(9(13)15)14-10(16)7-3-2-6(11)4-8(7)12/h2-5H,12H2,1H3,(H2,13,15)(H,14,16). The second-order valence-electron chi connectivity index (χ2n) is 3.33. The van der Waals surface area contributed by atoms with Crippen LogP contribution in [0.2, 0.25) is 0 Å². The van der Waals surface area contributed by atoms with Gasteiger partial charge in [0.05, 0.1) is 5.56 Å². The third-order valence-corrected chi connectivity index (χ3v) is 2.53. The zero-order valence-corrected chi connectivity index (χ0v) is 10.2. The van der Waals surface area contributed by atoms with Crippen LogP contribution in [0.15, 0.2) is 22.7 Å². The quantitative estimate of drug-likeness (QED) is 0.711. The molecule has 0 heterocycles. The lowest BCUT2D eigenvalue weighted by Gasteiger charge is -2.11. The van der Waals surface area contributed by atoms with E-state index in [9.17, 15) is 9.59 Å². The number of halogens is 1. The van der Waals surface area contributed by atoms with E-state index in [1.165, 1.54) is 6.92 Å². The Morgan fingerprint density at radius 1 is 1.44 bits per heavy atom. The van der Waals surface area contributed by atoms with Gasteiger partial charge in [-0.05, 0) is 25.1 Å². The van der Waals surface area contributed by atoms with Gasteiger partial charge in [0, 0.05) is 10.2 Å². The lowest BCUT2D eigenvalue weighted by Crippen LogP contribution is -2.42. The molecular weight excluding hydrogens is 274 g/mol. The Morgan fingerprint density at radius 3 is 2.56 bits per heavy atom. The van der Waals surface area contributed by atoms with Gasteiger partial charge < -0.3 is 16.8 Å². The molecular formula is C10H12BrN3O2. The first-order chi connectivity index (χ1) is 7.41. The third-order valence-electron chi connectivity index (χ3n) is 2.03. The summed E-state index contributed by atoms with van der Waals surface area (Å²) in [5.74, 6) is -1.01. The summed E-state index contributed by atoms with van der Waals surface area (Å²) in [6, 6.07) is 4.16. The third kappa shape index (κ3) is 2.96. The summed E-state index contributed by atoms with van der Waals surface area (Å²) in [7, 11) is 0. The van der Waals surface area contributed by atoms with Gasteiger partial charge >= 0.3 is 0 Å². The fraction of sp³-hybridized carbons (Fsp3) is 0.200. The maximum Gasteiger partial charge on any atom is 0.254 e. The molecule has 0 aliphatic carbocycles. The number of hydrogen-bond donors (Lipinski definition) is 3. The highest BCUT2D eigenvalue weighted by molar-refractivity contribution is 9.10. The number of anilines is 1. The summed E-state index contributed by atoms with van der Waals surface area (Å²) in [5.41, 5.74) is 11.4. The Hall–Kier alpha value is -1.56. The van der Waals surface area contributed by atoms with E-state index in [4.69, 9.17) is 11.5 Å². The summed E-state index contributed by atoms with van der Waals surface area (Å²) < 4.78 is 0.782. The van der Waals surface area contributed by atoms with Gasteiger partial charge in [-0.1, -0.05) is 15.9 Å². The number of nitrogens with one attached hydrogen (secondary N) is 1. The van der Waals surface area contributed by atoms with Crippen molar-refractivity contribution in [3.63, 3.8) is 0 Å². The van der Waals surface area contributed by atoms with Gasteiger partial charge in [0.25, 0.3) is 5.91 Å². The van der Waals surface area contributed by atoms with Gasteiger partial charge in [-0.3, -0.25) is 9.59 Å². The van der Waals surface area contributed by atoms with Gasteiger partial charge in [0.2, 0.25) is 5.91 Å². The minimum Gasteiger partial charge on any atom is -0.398 e. The second kappa shape index (κ2) is 4.98. The molecule has 0 spiro atoms. The van der Waals surface area contributed by atoms with E-state index in [1.54, 1.807) is 18.2 Å². The number of hydrogen-bond acceptors (Lipinski definition) is 3. The molecule has 1 rings (SSSR count). The van der Waals surface area contributed by atoms with Crippen molar-refractivity contribution in [1.29, 1.82) is 0 Å². The molecule has 1 unspecified atom stereocenters. The van der Waals surface area contributed by atoms with Gasteiger partial charge in [-0.2, -0.15) is 0 Å². The van der Waals surface area contributed by atoms with Crippen molar-refractivity contribution in [3.8, 4) is 0 Å². The van der Waals surface area contributed by atoms with Crippen molar-refractivity contribution in [2.45, 2.75) is 13.0 Å². The minimum absolute atomic E-state index is 0.316. The maximum atomic E-state index is 11.7. The molecule has 0 saturated carbocycles. The fourth-order valence-electron chi connectivity index (χ4n) is 1.09. The monoisotopic (exact) mass is 285 g/mol. The van der Waals surface area contributed by atoms with Crippen molar-refractivity contribution >= 4 is 33.4 Å². The molecule has 0 fully saturated rings. The van der Waals surface area contributed by atoms with Crippen LogP contribution in [0.3, 0.4) is 0 Å². The zero-order chi connectivity index (χ0) is 12.3. The molecule has 1 aromatic carbocycles. The normalized spacial score (nSPS) is 11.9. The number of nitrogen functional groups attached to an aromatic ring is 1. The lowest BCUT2D eigenvalue weighted by molar-refractivity contribution is -0.119. The van der Waals surface area contributed by atoms with Gasteiger partial charge in [-0.15, -0.1) is 0 Å². The summed E-state index contributed by atoms with van der Waals surface area (Å²) in [6.07, 6.45) is 0. The zero-order valence-electron chi connectivity index (χ0n) is 8.66. The van der Waals surface area contributed by atoms with E-state index in [2.05, 4.69) is 21.2 Å². The van der Waals surface area contributed by atoms with Crippen LogP contribution >= 0.6 is 15.9 Å². The predicted octanol–water partition coefficient (Wildman–Crippen LogP) is 0.635. The molecule has 5 nitrogen and oxygen atoms in total. The number of rotatable bonds is 3. The highest BCUT2D eigenvalue weighted by atomic mass is 79.9. The van der Waals surface area contributed by atoms with Crippen molar-refractivity contribution in [3.05, 3.63) is 28.2 Å². The highest BCUT2D eigenvalue weighted by Crippen LogP contribution is 2.18. The van der Waals surface area contributed by atoms with E-state index >= 15 is 0 Å². The highest BCUT2D eigenvalue weighted by Gasteiger charge is 2.15. The SMILES string of the molecule is CC(NC(=O)c1ccc(Br)cc1N)C(N)=O. The van der Waals surface area contributed by atoms with Crippen LogP contribution in [0.5, 0.6) is 0 Å². The molecule has 5 N–H and O–H groups in total.